The van der Waals surface area contributed by atoms with Crippen molar-refractivity contribution in [1.29, 1.82) is 0 Å². The van der Waals surface area contributed by atoms with Crippen LogP contribution in [0.1, 0.15) is 31.0 Å². The van der Waals surface area contributed by atoms with Crippen molar-refractivity contribution in [2.45, 2.75) is 32.5 Å². The molecule has 3 nitrogen and oxygen atoms in total. The Labute approximate surface area is 127 Å². The number of nitrogens with zero attached hydrogens (tertiary/aromatic N) is 2. The van der Waals surface area contributed by atoms with E-state index in [0.717, 1.165) is 6.54 Å². The summed E-state index contributed by atoms with van der Waals surface area (Å²) < 4.78 is 0. The van der Waals surface area contributed by atoms with Gasteiger partial charge in [-0.3, -0.25) is 9.88 Å². The summed E-state index contributed by atoms with van der Waals surface area (Å²) in [4.78, 5) is 6.42. The topological polar surface area (TPSA) is 42.1 Å². The van der Waals surface area contributed by atoms with E-state index in [2.05, 4.69) is 67.2 Å². The third-order valence-corrected chi connectivity index (χ3v) is 3.93. The van der Waals surface area contributed by atoms with Gasteiger partial charge in [-0.2, -0.15) is 0 Å². The van der Waals surface area contributed by atoms with Crippen molar-refractivity contribution >= 4 is 0 Å². The predicted octanol–water partition coefficient (Wildman–Crippen LogP) is 3.24. The van der Waals surface area contributed by atoms with E-state index >= 15 is 0 Å². The smallest absolute Gasteiger partial charge is 0.0455 e. The minimum atomic E-state index is 0.0121. The first-order valence-electron chi connectivity index (χ1n) is 7.49. The number of hydrogen-bond acceptors (Lipinski definition) is 3. The van der Waals surface area contributed by atoms with Crippen LogP contribution in [0.5, 0.6) is 0 Å². The fourth-order valence-electron chi connectivity index (χ4n) is 2.95. The number of pyridine rings is 1. The molecule has 0 radical (unpaired) electrons. The van der Waals surface area contributed by atoms with Crippen LogP contribution in [-0.4, -0.2) is 23.0 Å². The lowest BCUT2D eigenvalue weighted by molar-refractivity contribution is 0.156. The third-order valence-electron chi connectivity index (χ3n) is 3.93. The van der Waals surface area contributed by atoms with Gasteiger partial charge in [0.25, 0.3) is 0 Å². The summed E-state index contributed by atoms with van der Waals surface area (Å²) >= 11 is 0. The molecule has 0 saturated carbocycles. The molecule has 0 aliphatic rings. The van der Waals surface area contributed by atoms with Gasteiger partial charge in [0, 0.05) is 31.0 Å². The molecule has 0 fully saturated rings. The van der Waals surface area contributed by atoms with E-state index in [1.165, 1.54) is 11.1 Å². The summed E-state index contributed by atoms with van der Waals surface area (Å²) in [6.45, 7) is 5.35. The van der Waals surface area contributed by atoms with Crippen molar-refractivity contribution in [1.82, 2.24) is 9.88 Å². The molecule has 0 aliphatic heterocycles. The average molecular weight is 283 g/mol. The molecule has 112 valence electrons. The Morgan fingerprint density at radius 1 is 1.05 bits per heavy atom. The van der Waals surface area contributed by atoms with Gasteiger partial charge in [0.1, 0.15) is 0 Å². The normalized spacial score (nSPS) is 14.4. The van der Waals surface area contributed by atoms with Crippen molar-refractivity contribution in [3.8, 4) is 0 Å². The highest BCUT2D eigenvalue weighted by molar-refractivity contribution is 5.20. The number of likely N-dealkylation sites (N-methyl/N-ethyl adjacent to an activating group) is 1. The van der Waals surface area contributed by atoms with Gasteiger partial charge >= 0.3 is 0 Å². The Bertz CT molecular complexity index is 525. The summed E-state index contributed by atoms with van der Waals surface area (Å²) in [5, 5.41) is 0. The van der Waals surface area contributed by atoms with Crippen LogP contribution in [0, 0.1) is 5.92 Å². The molecular formula is C18H25N3. The Kier molecular flexibility index (Phi) is 5.48. The van der Waals surface area contributed by atoms with E-state index in [4.69, 9.17) is 5.73 Å². The van der Waals surface area contributed by atoms with Gasteiger partial charge in [0.15, 0.2) is 0 Å². The van der Waals surface area contributed by atoms with Gasteiger partial charge < -0.3 is 5.73 Å². The van der Waals surface area contributed by atoms with Crippen molar-refractivity contribution in [2.75, 3.05) is 7.05 Å². The summed E-state index contributed by atoms with van der Waals surface area (Å²) in [7, 11) is 2.15. The molecule has 0 saturated heterocycles. The Balaban J connectivity index is 2.15. The molecule has 0 spiro atoms. The minimum Gasteiger partial charge on any atom is -0.323 e. The van der Waals surface area contributed by atoms with Gasteiger partial charge in [-0.25, -0.2) is 0 Å². The van der Waals surface area contributed by atoms with Crippen molar-refractivity contribution in [3.63, 3.8) is 0 Å². The van der Waals surface area contributed by atoms with Crippen LogP contribution >= 0.6 is 0 Å². The monoisotopic (exact) mass is 283 g/mol. The molecule has 3 heteroatoms. The van der Waals surface area contributed by atoms with E-state index in [0.29, 0.717) is 12.0 Å². The first-order valence-corrected chi connectivity index (χ1v) is 7.49. The number of nitrogens with two attached hydrogens (primary N) is 1. The lowest BCUT2D eigenvalue weighted by Gasteiger charge is -2.36. The third kappa shape index (κ3) is 4.13. The predicted molar refractivity (Wildman–Crippen MR) is 87.7 cm³/mol. The fraction of sp³-hybridized carbons (Fsp3) is 0.389. The maximum atomic E-state index is 6.54. The summed E-state index contributed by atoms with van der Waals surface area (Å²) in [5.41, 5.74) is 9.00. The lowest BCUT2D eigenvalue weighted by atomic mass is 9.90. The Hall–Kier alpha value is -1.71. The van der Waals surface area contributed by atoms with Crippen LogP contribution in [-0.2, 0) is 6.54 Å². The molecule has 2 N–H and O–H groups in total. The molecule has 0 bridgehead atoms. The highest BCUT2D eigenvalue weighted by Gasteiger charge is 2.26. The molecular weight excluding hydrogens is 258 g/mol. The van der Waals surface area contributed by atoms with Gasteiger partial charge in [-0.15, -0.1) is 0 Å². The standard InChI is InChI=1S/C18H25N3/c1-14(2)18(17(19)16-7-5-4-6-8-16)21(3)13-15-9-11-20-12-10-15/h4-12,14,17-18H,13,19H2,1-3H3. The molecule has 2 aromatic rings. The molecule has 0 amide bonds. The number of aromatic nitrogens is 1. The van der Waals surface area contributed by atoms with Gasteiger partial charge in [0.05, 0.1) is 0 Å². The number of hydrogen-bond donors (Lipinski definition) is 1. The van der Waals surface area contributed by atoms with E-state index in [-0.39, 0.29) is 6.04 Å². The van der Waals surface area contributed by atoms with E-state index in [1.807, 2.05) is 18.5 Å². The van der Waals surface area contributed by atoms with Crippen LogP contribution in [0.25, 0.3) is 0 Å². The SMILES string of the molecule is CC(C)C(C(N)c1ccccc1)N(C)Cc1ccncc1. The van der Waals surface area contributed by atoms with E-state index < -0.39 is 0 Å². The second-order valence-corrected chi connectivity index (χ2v) is 5.94. The molecule has 1 heterocycles. The van der Waals surface area contributed by atoms with E-state index in [9.17, 15) is 0 Å². The second kappa shape index (κ2) is 7.34. The van der Waals surface area contributed by atoms with Crippen molar-refractivity contribution in [3.05, 3.63) is 66.0 Å². The molecule has 2 unspecified atom stereocenters. The zero-order valence-corrected chi connectivity index (χ0v) is 13.1. The minimum absolute atomic E-state index is 0.0121. The molecule has 1 aromatic heterocycles. The highest BCUT2D eigenvalue weighted by Crippen LogP contribution is 2.24. The van der Waals surface area contributed by atoms with Crippen molar-refractivity contribution in [2.24, 2.45) is 11.7 Å². The van der Waals surface area contributed by atoms with Crippen LogP contribution in [0.2, 0.25) is 0 Å². The van der Waals surface area contributed by atoms with Crippen molar-refractivity contribution < 1.29 is 0 Å². The van der Waals surface area contributed by atoms with Crippen LogP contribution in [0.4, 0.5) is 0 Å². The quantitative estimate of drug-likeness (QED) is 0.885. The Morgan fingerprint density at radius 2 is 1.67 bits per heavy atom. The van der Waals surface area contributed by atoms with Crippen LogP contribution in [0.3, 0.4) is 0 Å². The molecule has 1 aromatic carbocycles. The van der Waals surface area contributed by atoms with Crippen LogP contribution in [0.15, 0.2) is 54.9 Å². The maximum absolute atomic E-state index is 6.54. The molecule has 21 heavy (non-hydrogen) atoms. The van der Waals surface area contributed by atoms with E-state index in [1.54, 1.807) is 0 Å². The van der Waals surface area contributed by atoms with Gasteiger partial charge in [0.2, 0.25) is 0 Å². The number of rotatable bonds is 6. The zero-order chi connectivity index (χ0) is 15.2. The molecule has 2 atom stereocenters. The van der Waals surface area contributed by atoms with Gasteiger partial charge in [-0.05, 0) is 36.2 Å². The lowest BCUT2D eigenvalue weighted by Crippen LogP contribution is -2.43. The first kappa shape index (κ1) is 15.7. The molecule has 0 aliphatic carbocycles. The second-order valence-electron chi connectivity index (χ2n) is 5.94. The highest BCUT2D eigenvalue weighted by atomic mass is 15.1. The summed E-state index contributed by atoms with van der Waals surface area (Å²) in [6, 6.07) is 14.8. The Morgan fingerprint density at radius 3 is 2.24 bits per heavy atom. The number of benzene rings is 1. The molecule has 2 rings (SSSR count). The zero-order valence-electron chi connectivity index (χ0n) is 13.1. The summed E-state index contributed by atoms with van der Waals surface area (Å²) in [5.74, 6) is 0.479. The van der Waals surface area contributed by atoms with Crippen LogP contribution < -0.4 is 5.73 Å². The van der Waals surface area contributed by atoms with Gasteiger partial charge in [-0.1, -0.05) is 44.2 Å². The maximum Gasteiger partial charge on any atom is 0.0455 e. The average Bonchev–Trinajstić information content (AvgIpc) is 2.49. The largest absolute Gasteiger partial charge is 0.323 e. The fourth-order valence-corrected chi connectivity index (χ4v) is 2.95. The summed E-state index contributed by atoms with van der Waals surface area (Å²) in [6.07, 6.45) is 3.68. The first-order chi connectivity index (χ1) is 10.1.